The fourth-order valence-corrected chi connectivity index (χ4v) is 4.42. The molecule has 2 rings (SSSR count). The van der Waals surface area contributed by atoms with Crippen molar-refractivity contribution in [3.8, 4) is 0 Å². The lowest BCUT2D eigenvalue weighted by atomic mass is 10.2. The van der Waals surface area contributed by atoms with E-state index in [1.165, 1.54) is 12.8 Å². The second-order valence-corrected chi connectivity index (χ2v) is 6.82. The van der Waals surface area contributed by atoms with Crippen molar-refractivity contribution in [2.75, 3.05) is 24.6 Å². The van der Waals surface area contributed by atoms with Gasteiger partial charge in [0.1, 0.15) is 0 Å². The molecule has 2 heterocycles. The Bertz CT molecular complexity index is 307. The summed E-state index contributed by atoms with van der Waals surface area (Å²) < 4.78 is 22.8. The molecule has 2 saturated heterocycles. The fraction of sp³-hybridized carbons (Fsp3) is 1.00. The Labute approximate surface area is 91.2 Å². The zero-order chi connectivity index (χ0) is 10.9. The van der Waals surface area contributed by atoms with Gasteiger partial charge in [-0.1, -0.05) is 12.8 Å². The second-order valence-electron chi connectivity index (χ2n) is 4.66. The van der Waals surface area contributed by atoms with Crippen molar-refractivity contribution >= 4 is 9.84 Å². The highest BCUT2D eigenvalue weighted by Crippen LogP contribution is 2.21. The summed E-state index contributed by atoms with van der Waals surface area (Å²) in [5.41, 5.74) is 0. The molecule has 0 saturated carbocycles. The summed E-state index contributed by atoms with van der Waals surface area (Å²) in [5, 5.41) is 9.75. The lowest BCUT2D eigenvalue weighted by molar-refractivity contribution is 0.0854. The summed E-state index contributed by atoms with van der Waals surface area (Å²) in [4.78, 5) is 2.17. The van der Waals surface area contributed by atoms with Crippen LogP contribution in [0.2, 0.25) is 0 Å². The van der Waals surface area contributed by atoms with Crippen molar-refractivity contribution in [1.82, 2.24) is 4.90 Å². The molecule has 15 heavy (non-hydrogen) atoms. The molecule has 2 fully saturated rings. The van der Waals surface area contributed by atoms with Crippen molar-refractivity contribution in [1.29, 1.82) is 0 Å². The highest BCUT2D eigenvalue weighted by molar-refractivity contribution is 7.91. The van der Waals surface area contributed by atoms with Crippen LogP contribution in [0.25, 0.3) is 0 Å². The molecule has 4 nitrogen and oxygen atoms in total. The molecule has 0 aromatic rings. The molecule has 0 spiro atoms. The maximum atomic E-state index is 11.4. The van der Waals surface area contributed by atoms with Crippen molar-refractivity contribution in [2.24, 2.45) is 0 Å². The van der Waals surface area contributed by atoms with Crippen molar-refractivity contribution in [2.45, 2.75) is 37.8 Å². The number of sulfone groups is 1. The average Bonchev–Trinajstić information content (AvgIpc) is 2.41. The molecule has 1 N–H and O–H groups in total. The van der Waals surface area contributed by atoms with Crippen LogP contribution >= 0.6 is 0 Å². The van der Waals surface area contributed by atoms with Gasteiger partial charge in [-0.05, 0) is 25.9 Å². The van der Waals surface area contributed by atoms with Crippen LogP contribution < -0.4 is 0 Å². The van der Waals surface area contributed by atoms with E-state index in [1.54, 1.807) is 0 Å². The third-order valence-electron chi connectivity index (χ3n) is 3.40. The third-order valence-corrected chi connectivity index (χ3v) is 5.10. The topological polar surface area (TPSA) is 57.6 Å². The summed E-state index contributed by atoms with van der Waals surface area (Å²) in [7, 11) is -3.00. The van der Waals surface area contributed by atoms with Gasteiger partial charge in [-0.25, -0.2) is 8.42 Å². The molecule has 0 unspecified atom stereocenters. The number of aliphatic hydroxyl groups is 1. The first-order valence-electron chi connectivity index (χ1n) is 5.71. The number of nitrogens with zero attached hydrogens (tertiary/aromatic N) is 1. The van der Waals surface area contributed by atoms with Crippen LogP contribution in [-0.4, -0.2) is 55.2 Å². The molecule has 2 aliphatic heterocycles. The SMILES string of the molecule is O=S1(=O)C[C@@H](O)[C@H](N2CCCCCC2)C1. The first-order chi connectivity index (χ1) is 7.08. The zero-order valence-electron chi connectivity index (χ0n) is 8.93. The molecule has 0 aliphatic carbocycles. The van der Waals surface area contributed by atoms with Crippen LogP contribution in [0.15, 0.2) is 0 Å². The molecule has 2 aliphatic rings. The number of hydrogen-bond acceptors (Lipinski definition) is 4. The van der Waals surface area contributed by atoms with Gasteiger partial charge in [-0.2, -0.15) is 0 Å². The quantitative estimate of drug-likeness (QED) is 0.694. The summed E-state index contributed by atoms with van der Waals surface area (Å²) in [6, 6.07) is -0.145. The lowest BCUT2D eigenvalue weighted by Gasteiger charge is -2.28. The normalized spacial score (nSPS) is 37.7. The largest absolute Gasteiger partial charge is 0.390 e. The van der Waals surface area contributed by atoms with Crippen LogP contribution in [0.4, 0.5) is 0 Å². The molecule has 0 amide bonds. The summed E-state index contributed by atoms with van der Waals surface area (Å²) in [6.45, 7) is 1.88. The van der Waals surface area contributed by atoms with E-state index in [9.17, 15) is 13.5 Å². The maximum absolute atomic E-state index is 11.4. The van der Waals surface area contributed by atoms with Crippen LogP contribution in [0.1, 0.15) is 25.7 Å². The van der Waals surface area contributed by atoms with E-state index in [-0.39, 0.29) is 17.5 Å². The summed E-state index contributed by atoms with van der Waals surface area (Å²) in [6.07, 6.45) is 4.04. The van der Waals surface area contributed by atoms with E-state index in [2.05, 4.69) is 4.90 Å². The minimum Gasteiger partial charge on any atom is -0.390 e. The van der Waals surface area contributed by atoms with Crippen LogP contribution in [0.3, 0.4) is 0 Å². The summed E-state index contributed by atoms with van der Waals surface area (Å²) >= 11 is 0. The number of rotatable bonds is 1. The van der Waals surface area contributed by atoms with Gasteiger partial charge in [-0.15, -0.1) is 0 Å². The Morgan fingerprint density at radius 2 is 1.60 bits per heavy atom. The van der Waals surface area contributed by atoms with Gasteiger partial charge in [0.15, 0.2) is 9.84 Å². The Balaban J connectivity index is 2.03. The van der Waals surface area contributed by atoms with Gasteiger partial charge in [0.2, 0.25) is 0 Å². The standard InChI is InChI=1S/C10H19NO3S/c12-10-8-15(13,14)7-9(10)11-5-3-1-2-4-6-11/h9-10,12H,1-8H2/t9-,10-/m1/s1. The van der Waals surface area contributed by atoms with E-state index >= 15 is 0 Å². The molecule has 2 atom stereocenters. The second kappa shape index (κ2) is 4.39. The molecular formula is C10H19NO3S. The molecule has 0 radical (unpaired) electrons. The molecule has 0 aromatic carbocycles. The van der Waals surface area contributed by atoms with Crippen LogP contribution in [0.5, 0.6) is 0 Å². The van der Waals surface area contributed by atoms with E-state index in [0.717, 1.165) is 25.9 Å². The Morgan fingerprint density at radius 1 is 1.00 bits per heavy atom. The number of likely N-dealkylation sites (tertiary alicyclic amines) is 1. The summed E-state index contributed by atoms with van der Waals surface area (Å²) in [5.74, 6) is 0.0995. The Hall–Kier alpha value is -0.130. The first kappa shape index (κ1) is 11.4. The van der Waals surface area contributed by atoms with E-state index < -0.39 is 15.9 Å². The molecule has 0 bridgehead atoms. The minimum absolute atomic E-state index is 0.0475. The van der Waals surface area contributed by atoms with Gasteiger partial charge >= 0.3 is 0 Å². The van der Waals surface area contributed by atoms with Crippen molar-refractivity contribution < 1.29 is 13.5 Å². The van der Waals surface area contributed by atoms with Gasteiger partial charge < -0.3 is 5.11 Å². The number of hydrogen-bond donors (Lipinski definition) is 1. The monoisotopic (exact) mass is 233 g/mol. The smallest absolute Gasteiger partial charge is 0.154 e. The van der Waals surface area contributed by atoms with E-state index in [1.807, 2.05) is 0 Å². The first-order valence-corrected chi connectivity index (χ1v) is 7.53. The molecule has 5 heteroatoms. The van der Waals surface area contributed by atoms with E-state index in [4.69, 9.17) is 0 Å². The van der Waals surface area contributed by atoms with Gasteiger partial charge in [0.05, 0.1) is 23.7 Å². The number of aliphatic hydroxyl groups excluding tert-OH is 1. The molecule has 0 aromatic heterocycles. The van der Waals surface area contributed by atoms with Crippen LogP contribution in [0, 0.1) is 0 Å². The van der Waals surface area contributed by atoms with Gasteiger partial charge in [0, 0.05) is 0 Å². The Kier molecular flexibility index (Phi) is 3.33. The predicted molar refractivity (Wildman–Crippen MR) is 58.5 cm³/mol. The van der Waals surface area contributed by atoms with Crippen molar-refractivity contribution in [3.05, 3.63) is 0 Å². The van der Waals surface area contributed by atoms with Crippen molar-refractivity contribution in [3.63, 3.8) is 0 Å². The van der Waals surface area contributed by atoms with E-state index in [0.29, 0.717) is 0 Å². The van der Waals surface area contributed by atoms with Gasteiger partial charge in [0.25, 0.3) is 0 Å². The molecular weight excluding hydrogens is 214 g/mol. The fourth-order valence-electron chi connectivity index (χ4n) is 2.59. The highest BCUT2D eigenvalue weighted by Gasteiger charge is 2.39. The van der Waals surface area contributed by atoms with Crippen LogP contribution in [-0.2, 0) is 9.84 Å². The Morgan fingerprint density at radius 3 is 2.07 bits per heavy atom. The minimum atomic E-state index is -3.00. The lowest BCUT2D eigenvalue weighted by Crippen LogP contribution is -2.43. The van der Waals surface area contributed by atoms with Gasteiger partial charge in [-0.3, -0.25) is 4.90 Å². The maximum Gasteiger partial charge on any atom is 0.154 e. The molecule has 88 valence electrons. The highest BCUT2D eigenvalue weighted by atomic mass is 32.2. The zero-order valence-corrected chi connectivity index (χ0v) is 9.75. The average molecular weight is 233 g/mol. The predicted octanol–water partition coefficient (Wildman–Crippen LogP) is 0.0203. The third kappa shape index (κ3) is 2.71.